The van der Waals surface area contributed by atoms with Crippen molar-refractivity contribution in [2.24, 2.45) is 11.3 Å². The van der Waals surface area contributed by atoms with Crippen molar-refractivity contribution >= 4 is 0 Å². The molecule has 1 aromatic heterocycles. The molecule has 0 bridgehead atoms. The molecule has 0 aromatic carbocycles. The molecular formula is C14H24FN3. The summed E-state index contributed by atoms with van der Waals surface area (Å²) in [6.45, 7) is 12.2. The molecule has 0 saturated heterocycles. The van der Waals surface area contributed by atoms with Crippen LogP contribution in [0.25, 0.3) is 0 Å². The zero-order valence-corrected chi connectivity index (χ0v) is 12.3. The van der Waals surface area contributed by atoms with Crippen LogP contribution in [0.15, 0.2) is 6.20 Å². The zero-order valence-electron chi connectivity index (χ0n) is 12.3. The maximum atomic E-state index is 14.7. The van der Waals surface area contributed by atoms with E-state index < -0.39 is 5.67 Å². The van der Waals surface area contributed by atoms with E-state index in [1.54, 1.807) is 6.20 Å². The van der Waals surface area contributed by atoms with Gasteiger partial charge in [-0.25, -0.2) is 9.07 Å². The summed E-state index contributed by atoms with van der Waals surface area (Å²) in [5, 5.41) is 8.04. The van der Waals surface area contributed by atoms with Crippen molar-refractivity contribution in [1.82, 2.24) is 15.0 Å². The summed E-state index contributed by atoms with van der Waals surface area (Å²) in [4.78, 5) is 0. The fraction of sp³-hybridized carbons (Fsp3) is 0.857. The second kappa shape index (κ2) is 3.78. The van der Waals surface area contributed by atoms with E-state index in [-0.39, 0.29) is 16.9 Å². The van der Waals surface area contributed by atoms with Gasteiger partial charge in [0.05, 0.1) is 17.4 Å². The van der Waals surface area contributed by atoms with E-state index in [2.05, 4.69) is 24.2 Å². The van der Waals surface area contributed by atoms with Crippen LogP contribution in [0.2, 0.25) is 0 Å². The van der Waals surface area contributed by atoms with E-state index in [1.807, 2.05) is 32.4 Å². The van der Waals surface area contributed by atoms with E-state index in [0.29, 0.717) is 6.42 Å². The molecule has 1 fully saturated rings. The molecule has 0 spiro atoms. The molecule has 0 radical (unpaired) electrons. The minimum absolute atomic E-state index is 0.135. The van der Waals surface area contributed by atoms with Crippen LogP contribution in [-0.2, 0) is 5.54 Å². The van der Waals surface area contributed by atoms with Gasteiger partial charge in [-0.15, -0.1) is 5.10 Å². The molecular weight excluding hydrogens is 229 g/mol. The number of aryl methyl sites for hydroxylation is 1. The number of alkyl halides is 1. The molecule has 0 N–H and O–H groups in total. The zero-order chi connectivity index (χ0) is 13.8. The third-order valence-corrected chi connectivity index (χ3v) is 4.32. The fourth-order valence-electron chi connectivity index (χ4n) is 3.03. The average Bonchev–Trinajstić information content (AvgIpc) is 2.67. The highest BCUT2D eigenvalue weighted by Gasteiger charge is 2.63. The third-order valence-electron chi connectivity index (χ3n) is 4.32. The highest BCUT2D eigenvalue weighted by atomic mass is 19.1. The van der Waals surface area contributed by atoms with E-state index in [4.69, 9.17) is 0 Å². The van der Waals surface area contributed by atoms with Crippen molar-refractivity contribution in [1.29, 1.82) is 0 Å². The predicted octanol–water partition coefficient (Wildman–Crippen LogP) is 3.49. The van der Waals surface area contributed by atoms with Crippen molar-refractivity contribution in [2.75, 3.05) is 0 Å². The summed E-state index contributed by atoms with van der Waals surface area (Å²) in [5.74, 6) is 0.135. The Balaban J connectivity index is 2.11. The van der Waals surface area contributed by atoms with Crippen molar-refractivity contribution in [3.8, 4) is 0 Å². The Morgan fingerprint density at radius 3 is 2.39 bits per heavy atom. The van der Waals surface area contributed by atoms with Crippen LogP contribution < -0.4 is 0 Å². The normalized spacial score (nSPS) is 28.5. The van der Waals surface area contributed by atoms with Gasteiger partial charge in [0, 0.05) is 0 Å². The van der Waals surface area contributed by atoms with Crippen molar-refractivity contribution in [3.05, 3.63) is 11.9 Å². The smallest absolute Gasteiger partial charge is 0.119 e. The fourth-order valence-corrected chi connectivity index (χ4v) is 3.03. The van der Waals surface area contributed by atoms with Gasteiger partial charge in [0.2, 0.25) is 0 Å². The van der Waals surface area contributed by atoms with Crippen LogP contribution in [0.5, 0.6) is 0 Å². The summed E-state index contributed by atoms with van der Waals surface area (Å²) < 4.78 is 16.6. The summed E-state index contributed by atoms with van der Waals surface area (Å²) in [6.07, 6.45) is 3.24. The van der Waals surface area contributed by atoms with Gasteiger partial charge in [-0.2, -0.15) is 0 Å². The second-order valence-corrected chi connectivity index (χ2v) is 7.32. The van der Waals surface area contributed by atoms with Crippen LogP contribution >= 0.6 is 0 Å². The minimum Gasteiger partial charge on any atom is -0.244 e. The molecule has 2 atom stereocenters. The molecule has 0 aliphatic heterocycles. The Bertz CT molecular complexity index is 444. The minimum atomic E-state index is -1.02. The SMILES string of the molecule is Cc1cnnn1C(C)(C)CC1CC1(F)C(C)(C)C. The standard InChI is InChI=1S/C14H24FN3/c1-10-9-16-17-18(10)13(5,6)7-11-8-14(11,15)12(2,3)4/h9,11H,7-8H2,1-6H3. The number of hydrogen-bond acceptors (Lipinski definition) is 2. The number of hydrogen-bond donors (Lipinski definition) is 0. The van der Waals surface area contributed by atoms with E-state index in [9.17, 15) is 4.39 Å². The summed E-state index contributed by atoms with van der Waals surface area (Å²) in [7, 11) is 0. The van der Waals surface area contributed by atoms with Gasteiger partial charge >= 0.3 is 0 Å². The quantitative estimate of drug-likeness (QED) is 0.825. The van der Waals surface area contributed by atoms with Crippen LogP contribution in [0.4, 0.5) is 4.39 Å². The Morgan fingerprint density at radius 1 is 1.39 bits per heavy atom. The molecule has 1 aliphatic carbocycles. The van der Waals surface area contributed by atoms with E-state index in [1.165, 1.54) is 0 Å². The molecule has 102 valence electrons. The molecule has 1 aliphatic rings. The van der Waals surface area contributed by atoms with Gasteiger partial charge in [-0.05, 0) is 44.9 Å². The Morgan fingerprint density at radius 2 is 2.00 bits per heavy atom. The molecule has 0 amide bonds. The molecule has 4 heteroatoms. The molecule has 2 unspecified atom stereocenters. The van der Waals surface area contributed by atoms with Crippen LogP contribution in [0, 0.1) is 18.3 Å². The highest BCUT2D eigenvalue weighted by molar-refractivity contribution is 5.12. The second-order valence-electron chi connectivity index (χ2n) is 7.32. The predicted molar refractivity (Wildman–Crippen MR) is 70.1 cm³/mol. The van der Waals surface area contributed by atoms with Gasteiger partial charge in [0.15, 0.2) is 0 Å². The Kier molecular flexibility index (Phi) is 2.84. The van der Waals surface area contributed by atoms with Crippen LogP contribution in [-0.4, -0.2) is 20.7 Å². The Hall–Kier alpha value is -0.930. The first kappa shape index (κ1) is 13.5. The summed E-state index contributed by atoms with van der Waals surface area (Å²) in [6, 6.07) is 0. The summed E-state index contributed by atoms with van der Waals surface area (Å²) in [5.41, 5.74) is -0.435. The van der Waals surface area contributed by atoms with E-state index >= 15 is 0 Å². The van der Waals surface area contributed by atoms with E-state index in [0.717, 1.165) is 12.1 Å². The monoisotopic (exact) mass is 253 g/mol. The van der Waals surface area contributed by atoms with Gasteiger partial charge in [-0.1, -0.05) is 26.0 Å². The van der Waals surface area contributed by atoms with Gasteiger partial charge in [0.1, 0.15) is 5.67 Å². The number of halogens is 1. The van der Waals surface area contributed by atoms with Crippen LogP contribution in [0.3, 0.4) is 0 Å². The lowest BCUT2D eigenvalue weighted by atomic mass is 9.84. The Labute approximate surface area is 109 Å². The molecule has 3 nitrogen and oxygen atoms in total. The first-order valence-electron chi connectivity index (χ1n) is 6.65. The molecule has 2 rings (SSSR count). The first-order chi connectivity index (χ1) is 8.08. The van der Waals surface area contributed by atoms with Crippen molar-refractivity contribution in [2.45, 2.75) is 65.6 Å². The maximum Gasteiger partial charge on any atom is 0.119 e. The first-order valence-corrected chi connectivity index (χ1v) is 6.65. The molecule has 18 heavy (non-hydrogen) atoms. The maximum absolute atomic E-state index is 14.7. The largest absolute Gasteiger partial charge is 0.244 e. The molecule has 1 heterocycles. The lowest BCUT2D eigenvalue weighted by Crippen LogP contribution is -2.32. The van der Waals surface area contributed by atoms with Crippen LogP contribution in [0.1, 0.15) is 53.2 Å². The lowest BCUT2D eigenvalue weighted by Gasteiger charge is -2.29. The number of rotatable bonds is 3. The average molecular weight is 253 g/mol. The number of aromatic nitrogens is 3. The van der Waals surface area contributed by atoms with Gasteiger partial charge in [0.25, 0.3) is 0 Å². The third kappa shape index (κ3) is 2.06. The summed E-state index contributed by atoms with van der Waals surface area (Å²) >= 11 is 0. The molecule has 1 saturated carbocycles. The lowest BCUT2D eigenvalue weighted by molar-refractivity contribution is 0.105. The van der Waals surface area contributed by atoms with Crippen molar-refractivity contribution in [3.63, 3.8) is 0 Å². The van der Waals surface area contributed by atoms with Gasteiger partial charge < -0.3 is 0 Å². The van der Waals surface area contributed by atoms with Crippen molar-refractivity contribution < 1.29 is 4.39 Å². The highest BCUT2D eigenvalue weighted by Crippen LogP contribution is 2.61. The molecule has 1 aromatic rings. The number of nitrogens with zero attached hydrogens (tertiary/aromatic N) is 3. The topological polar surface area (TPSA) is 30.7 Å². The van der Waals surface area contributed by atoms with Gasteiger partial charge in [-0.3, -0.25) is 0 Å².